The van der Waals surface area contributed by atoms with Gasteiger partial charge in [0.05, 0.1) is 21.3 Å². The Morgan fingerprint density at radius 3 is 2.41 bits per heavy atom. The number of methoxy groups -OCH3 is 2. The molecular weight excluding hydrogens is 344 g/mol. The molecule has 1 amide bonds. The van der Waals surface area contributed by atoms with E-state index in [4.69, 9.17) is 9.47 Å². The van der Waals surface area contributed by atoms with Crippen LogP contribution in [0.15, 0.2) is 42.5 Å². The Morgan fingerprint density at radius 1 is 1.07 bits per heavy atom. The number of anilines is 1. The molecule has 6 nitrogen and oxygen atoms in total. The average Bonchev–Trinajstić information content (AvgIpc) is 2.67. The van der Waals surface area contributed by atoms with Crippen LogP contribution in [0.2, 0.25) is 0 Å². The van der Waals surface area contributed by atoms with E-state index in [2.05, 4.69) is 5.32 Å². The lowest BCUT2D eigenvalue weighted by molar-refractivity contribution is -0.907. The molecule has 0 aliphatic carbocycles. The van der Waals surface area contributed by atoms with Gasteiger partial charge in [0.15, 0.2) is 23.3 Å². The van der Waals surface area contributed by atoms with E-state index >= 15 is 0 Å². The fourth-order valence-corrected chi connectivity index (χ4v) is 2.76. The number of nitrogens with one attached hydrogen (secondary N) is 2. The second-order valence-electron chi connectivity index (χ2n) is 6.56. The molecule has 0 saturated heterocycles. The van der Waals surface area contributed by atoms with Gasteiger partial charge >= 0.3 is 0 Å². The van der Waals surface area contributed by atoms with Crippen LogP contribution in [0.4, 0.5) is 5.69 Å². The summed E-state index contributed by atoms with van der Waals surface area (Å²) in [7, 11) is 5.17. The maximum absolute atomic E-state index is 12.6. The number of amides is 1. The van der Waals surface area contributed by atoms with E-state index in [1.165, 1.54) is 6.92 Å². The van der Waals surface area contributed by atoms with Gasteiger partial charge in [-0.3, -0.25) is 9.59 Å². The molecule has 144 valence electrons. The Hall–Kier alpha value is -2.86. The second kappa shape index (κ2) is 9.19. The SMILES string of the molecule is COc1ccc(C[NH+](C)[C@@H](C)C(=O)Nc2cccc(C(C)=O)c2)cc1OC. The van der Waals surface area contributed by atoms with Gasteiger partial charge in [-0.1, -0.05) is 12.1 Å². The van der Waals surface area contributed by atoms with Crippen molar-refractivity contribution < 1.29 is 24.0 Å². The summed E-state index contributed by atoms with van der Waals surface area (Å²) in [5.41, 5.74) is 2.24. The summed E-state index contributed by atoms with van der Waals surface area (Å²) in [5.74, 6) is 1.21. The zero-order chi connectivity index (χ0) is 20.0. The zero-order valence-corrected chi connectivity index (χ0v) is 16.5. The number of benzene rings is 2. The molecular formula is C21H27N2O4+. The lowest BCUT2D eigenvalue weighted by atomic mass is 10.1. The molecule has 1 unspecified atom stereocenters. The summed E-state index contributed by atoms with van der Waals surface area (Å²) < 4.78 is 10.6. The van der Waals surface area contributed by atoms with Crippen LogP contribution >= 0.6 is 0 Å². The molecule has 2 aromatic carbocycles. The first-order valence-corrected chi connectivity index (χ1v) is 8.80. The number of carbonyl (C=O) groups excluding carboxylic acids is 2. The van der Waals surface area contributed by atoms with Gasteiger partial charge in [-0.05, 0) is 44.2 Å². The van der Waals surface area contributed by atoms with Crippen LogP contribution < -0.4 is 19.7 Å². The van der Waals surface area contributed by atoms with Crippen molar-refractivity contribution in [2.24, 2.45) is 0 Å². The summed E-state index contributed by atoms with van der Waals surface area (Å²) in [6.07, 6.45) is 0. The van der Waals surface area contributed by atoms with E-state index in [0.29, 0.717) is 29.3 Å². The Kier molecular flexibility index (Phi) is 6.96. The lowest BCUT2D eigenvalue weighted by Gasteiger charge is -2.21. The summed E-state index contributed by atoms with van der Waals surface area (Å²) >= 11 is 0. The van der Waals surface area contributed by atoms with E-state index in [9.17, 15) is 9.59 Å². The topological polar surface area (TPSA) is 69.1 Å². The molecule has 2 atom stereocenters. The quantitative estimate of drug-likeness (QED) is 0.696. The first-order valence-electron chi connectivity index (χ1n) is 8.80. The molecule has 2 N–H and O–H groups in total. The molecule has 0 bridgehead atoms. The highest BCUT2D eigenvalue weighted by Crippen LogP contribution is 2.27. The number of hydrogen-bond donors (Lipinski definition) is 2. The monoisotopic (exact) mass is 371 g/mol. The molecule has 2 aromatic rings. The summed E-state index contributed by atoms with van der Waals surface area (Å²) in [6.45, 7) is 4.04. The number of quaternary nitrogens is 1. The van der Waals surface area contributed by atoms with Crippen LogP contribution in [0.25, 0.3) is 0 Å². The van der Waals surface area contributed by atoms with Crippen LogP contribution in [0.3, 0.4) is 0 Å². The number of carbonyl (C=O) groups is 2. The van der Waals surface area contributed by atoms with Crippen LogP contribution in [0.1, 0.15) is 29.8 Å². The van der Waals surface area contributed by atoms with Gasteiger partial charge in [-0.15, -0.1) is 0 Å². The Balaban J connectivity index is 2.04. The highest BCUT2D eigenvalue weighted by atomic mass is 16.5. The van der Waals surface area contributed by atoms with Gasteiger partial charge in [-0.25, -0.2) is 0 Å². The van der Waals surface area contributed by atoms with Crippen molar-refractivity contribution in [2.75, 3.05) is 26.6 Å². The molecule has 0 aliphatic rings. The first-order chi connectivity index (χ1) is 12.8. The predicted molar refractivity (Wildman–Crippen MR) is 105 cm³/mol. The Bertz CT molecular complexity index is 820. The summed E-state index contributed by atoms with van der Waals surface area (Å²) in [5, 5.41) is 2.89. The highest BCUT2D eigenvalue weighted by Gasteiger charge is 2.22. The molecule has 0 saturated carbocycles. The standard InChI is InChI=1S/C21H26N2O4/c1-14(21(25)22-18-8-6-7-17(12-18)15(2)24)23(3)13-16-9-10-19(26-4)20(11-16)27-5/h6-12,14H,13H2,1-5H3,(H,22,25)/p+1/t14-/m0/s1. The van der Waals surface area contributed by atoms with Crippen molar-refractivity contribution in [1.82, 2.24) is 0 Å². The smallest absolute Gasteiger partial charge is 0.282 e. The number of hydrogen-bond acceptors (Lipinski definition) is 4. The van der Waals surface area contributed by atoms with Crippen LogP contribution in [0.5, 0.6) is 11.5 Å². The predicted octanol–water partition coefficient (Wildman–Crippen LogP) is 1.95. The van der Waals surface area contributed by atoms with Crippen molar-refractivity contribution in [1.29, 1.82) is 0 Å². The van der Waals surface area contributed by atoms with Crippen molar-refractivity contribution >= 4 is 17.4 Å². The van der Waals surface area contributed by atoms with E-state index in [0.717, 1.165) is 10.5 Å². The summed E-state index contributed by atoms with van der Waals surface area (Å²) in [6, 6.07) is 12.4. The third-order valence-corrected chi connectivity index (χ3v) is 4.60. The average molecular weight is 371 g/mol. The van der Waals surface area contributed by atoms with Crippen LogP contribution in [-0.4, -0.2) is 39.0 Å². The molecule has 0 aromatic heterocycles. The third kappa shape index (κ3) is 5.31. The molecule has 0 radical (unpaired) electrons. The minimum absolute atomic E-state index is 0.0321. The van der Waals surface area contributed by atoms with Crippen molar-refractivity contribution in [3.8, 4) is 11.5 Å². The maximum Gasteiger partial charge on any atom is 0.282 e. The van der Waals surface area contributed by atoms with E-state index < -0.39 is 0 Å². The Labute approximate surface area is 160 Å². The number of likely N-dealkylation sites (N-methyl/N-ethyl adjacent to an activating group) is 1. The van der Waals surface area contributed by atoms with Crippen molar-refractivity contribution in [3.63, 3.8) is 0 Å². The van der Waals surface area contributed by atoms with Gasteiger partial charge < -0.3 is 19.7 Å². The fourth-order valence-electron chi connectivity index (χ4n) is 2.76. The number of ether oxygens (including phenoxy) is 2. The minimum atomic E-state index is -0.279. The zero-order valence-electron chi connectivity index (χ0n) is 16.5. The normalized spacial score (nSPS) is 12.8. The maximum atomic E-state index is 12.6. The first kappa shape index (κ1) is 20.5. The molecule has 27 heavy (non-hydrogen) atoms. The third-order valence-electron chi connectivity index (χ3n) is 4.60. The highest BCUT2D eigenvalue weighted by molar-refractivity contribution is 5.97. The van der Waals surface area contributed by atoms with E-state index in [1.807, 2.05) is 32.2 Å². The minimum Gasteiger partial charge on any atom is -0.493 e. The molecule has 0 spiro atoms. The van der Waals surface area contributed by atoms with Gasteiger partial charge in [-0.2, -0.15) is 0 Å². The van der Waals surface area contributed by atoms with Gasteiger partial charge in [0.1, 0.15) is 6.54 Å². The number of Topliss-reactive ketones (excluding diaryl/α,β-unsaturated/α-hetero) is 1. The van der Waals surface area contributed by atoms with Gasteiger partial charge in [0.2, 0.25) is 0 Å². The van der Waals surface area contributed by atoms with Crippen molar-refractivity contribution in [3.05, 3.63) is 53.6 Å². The lowest BCUT2D eigenvalue weighted by Crippen LogP contribution is -3.12. The molecule has 2 rings (SSSR count). The number of ketones is 1. The van der Waals surface area contributed by atoms with Crippen LogP contribution in [-0.2, 0) is 11.3 Å². The number of rotatable bonds is 8. The fraction of sp³-hybridized carbons (Fsp3) is 0.333. The molecule has 0 heterocycles. The van der Waals surface area contributed by atoms with Gasteiger partial charge in [0, 0.05) is 16.8 Å². The molecule has 0 aliphatic heterocycles. The van der Waals surface area contributed by atoms with Gasteiger partial charge in [0.25, 0.3) is 5.91 Å². The van der Waals surface area contributed by atoms with Crippen LogP contribution in [0, 0.1) is 0 Å². The summed E-state index contributed by atoms with van der Waals surface area (Å²) in [4.78, 5) is 25.1. The van der Waals surface area contributed by atoms with Crippen molar-refractivity contribution in [2.45, 2.75) is 26.4 Å². The van der Waals surface area contributed by atoms with E-state index in [-0.39, 0.29) is 17.7 Å². The largest absolute Gasteiger partial charge is 0.493 e. The molecule has 6 heteroatoms. The molecule has 0 fully saturated rings. The Morgan fingerprint density at radius 2 is 1.78 bits per heavy atom. The van der Waals surface area contributed by atoms with E-state index in [1.54, 1.807) is 38.5 Å². The second-order valence-corrected chi connectivity index (χ2v) is 6.56.